The first-order valence-corrected chi connectivity index (χ1v) is 9.49. The van der Waals surface area contributed by atoms with Crippen molar-refractivity contribution in [3.05, 3.63) is 60.9 Å². The Morgan fingerprint density at radius 2 is 1.72 bits per heavy atom. The molecule has 1 aromatic heterocycles. The number of fused-ring (bicyclic) bond motifs is 2. The van der Waals surface area contributed by atoms with Gasteiger partial charge in [0.15, 0.2) is 5.79 Å². The van der Waals surface area contributed by atoms with Gasteiger partial charge in [-0.3, -0.25) is 4.98 Å². The van der Waals surface area contributed by atoms with Crippen molar-refractivity contribution >= 4 is 10.8 Å². The van der Waals surface area contributed by atoms with Gasteiger partial charge in [-0.15, -0.1) is 0 Å². The monoisotopic (exact) mass is 395 g/mol. The number of aromatic nitrogens is 1. The summed E-state index contributed by atoms with van der Waals surface area (Å²) in [6.07, 6.45) is 0.182. The first-order chi connectivity index (χ1) is 14.0. The van der Waals surface area contributed by atoms with Crippen LogP contribution in [0.25, 0.3) is 21.9 Å². The number of nitrogens with zero attached hydrogens (tertiary/aromatic N) is 1. The fraction of sp³-hybridized carbons (Fsp3) is 0.318. The lowest BCUT2D eigenvalue weighted by molar-refractivity contribution is -0.422. The molecule has 2 fully saturated rings. The molecule has 0 amide bonds. The summed E-state index contributed by atoms with van der Waals surface area (Å²) in [6, 6.07) is 15.5. The molecule has 1 aliphatic heterocycles. The van der Waals surface area contributed by atoms with E-state index in [1.165, 1.54) is 0 Å². The van der Waals surface area contributed by atoms with E-state index >= 15 is 0 Å². The Morgan fingerprint density at radius 1 is 0.966 bits per heavy atom. The molecule has 2 aliphatic rings. The van der Waals surface area contributed by atoms with Crippen molar-refractivity contribution < 1.29 is 29.9 Å². The third-order valence-corrected chi connectivity index (χ3v) is 6.01. The molecular weight excluding hydrogens is 374 g/mol. The van der Waals surface area contributed by atoms with Gasteiger partial charge in [-0.05, 0) is 40.8 Å². The highest BCUT2D eigenvalue weighted by Crippen LogP contribution is 2.52. The van der Waals surface area contributed by atoms with E-state index in [0.717, 1.165) is 21.9 Å². The third-order valence-electron chi connectivity index (χ3n) is 6.01. The highest BCUT2D eigenvalue weighted by Gasteiger charge is 2.71. The number of hydrogen-bond donors (Lipinski definition) is 4. The van der Waals surface area contributed by atoms with Crippen molar-refractivity contribution in [2.45, 2.75) is 24.3 Å². The molecule has 7 heteroatoms. The predicted molar refractivity (Wildman–Crippen MR) is 104 cm³/mol. The lowest BCUT2D eigenvalue weighted by Crippen LogP contribution is -2.64. The van der Waals surface area contributed by atoms with Crippen molar-refractivity contribution in [3.8, 4) is 16.9 Å². The summed E-state index contributed by atoms with van der Waals surface area (Å²) in [5, 5.41) is 42.2. The number of rotatable bonds is 4. The van der Waals surface area contributed by atoms with Gasteiger partial charge in [-0.1, -0.05) is 24.3 Å². The predicted octanol–water partition coefficient (Wildman–Crippen LogP) is 1.29. The van der Waals surface area contributed by atoms with Gasteiger partial charge in [-0.25, -0.2) is 0 Å². The summed E-state index contributed by atoms with van der Waals surface area (Å²) < 4.78 is 11.2. The van der Waals surface area contributed by atoms with E-state index in [4.69, 9.17) is 9.47 Å². The standard InChI is InChI=1S/C22H21NO6/c24-11-17-19(25)20(26)18-21(29-22(17,18)27)28-16-5-3-12(4-6-16)14-2-1-13-7-8-23-10-15(13)9-14/h1-10,17-21,24-27H,11H2. The van der Waals surface area contributed by atoms with Gasteiger partial charge in [0.1, 0.15) is 11.7 Å². The second-order valence-electron chi connectivity index (χ2n) is 7.61. The van der Waals surface area contributed by atoms with E-state index < -0.39 is 42.7 Å². The topological polar surface area (TPSA) is 112 Å². The second kappa shape index (κ2) is 6.76. The van der Waals surface area contributed by atoms with Gasteiger partial charge >= 0.3 is 0 Å². The Bertz CT molecular complexity index is 1040. The number of aliphatic hydroxyl groups is 4. The Hall–Kier alpha value is -2.55. The zero-order valence-electron chi connectivity index (χ0n) is 15.4. The van der Waals surface area contributed by atoms with Gasteiger partial charge in [0.25, 0.3) is 0 Å². The Labute approximate surface area is 166 Å². The number of benzene rings is 2. The van der Waals surface area contributed by atoms with Crippen molar-refractivity contribution in [1.29, 1.82) is 0 Å². The summed E-state index contributed by atoms with van der Waals surface area (Å²) in [6.45, 7) is -0.492. The van der Waals surface area contributed by atoms with E-state index in [9.17, 15) is 20.4 Å². The lowest BCUT2D eigenvalue weighted by Gasteiger charge is -2.49. The van der Waals surface area contributed by atoms with Crippen LogP contribution >= 0.6 is 0 Å². The highest BCUT2D eigenvalue weighted by atomic mass is 16.8. The smallest absolute Gasteiger partial charge is 0.213 e. The largest absolute Gasteiger partial charge is 0.464 e. The molecule has 0 bridgehead atoms. The molecule has 2 aromatic carbocycles. The molecule has 150 valence electrons. The average Bonchev–Trinajstić information content (AvgIpc) is 2.87. The van der Waals surface area contributed by atoms with E-state index in [0.29, 0.717) is 5.75 Å². The maximum absolute atomic E-state index is 10.5. The molecular formula is C22H21NO6. The lowest BCUT2D eigenvalue weighted by atomic mass is 9.89. The Kier molecular flexibility index (Phi) is 4.31. The average molecular weight is 395 g/mol. The molecule has 2 heterocycles. The summed E-state index contributed by atoms with van der Waals surface area (Å²) in [4.78, 5) is 4.16. The van der Waals surface area contributed by atoms with Crippen LogP contribution in [0.5, 0.6) is 5.75 Å². The summed E-state index contributed by atoms with van der Waals surface area (Å²) in [7, 11) is 0. The molecule has 0 radical (unpaired) electrons. The first kappa shape index (κ1) is 18.5. The van der Waals surface area contributed by atoms with Gasteiger partial charge in [0.2, 0.25) is 6.29 Å². The third kappa shape index (κ3) is 2.82. The zero-order chi connectivity index (χ0) is 20.2. The summed E-state index contributed by atoms with van der Waals surface area (Å²) in [5.74, 6) is -3.07. The SMILES string of the molecule is OCC1C(O)C(O)C2C(Oc3ccc(-c4ccc5ccncc5c4)cc3)OC12O. The molecule has 29 heavy (non-hydrogen) atoms. The van der Waals surface area contributed by atoms with E-state index in [1.54, 1.807) is 18.3 Å². The van der Waals surface area contributed by atoms with Crippen LogP contribution < -0.4 is 4.74 Å². The van der Waals surface area contributed by atoms with Crippen LogP contribution in [-0.2, 0) is 4.74 Å². The van der Waals surface area contributed by atoms with Crippen molar-refractivity contribution in [2.24, 2.45) is 11.8 Å². The molecule has 3 aromatic rings. The minimum Gasteiger partial charge on any atom is -0.464 e. The number of ether oxygens (including phenoxy) is 2. The van der Waals surface area contributed by atoms with Crippen LogP contribution in [-0.4, -0.2) is 56.3 Å². The fourth-order valence-corrected chi connectivity index (χ4v) is 4.36. The minimum atomic E-state index is -1.78. The van der Waals surface area contributed by atoms with E-state index in [-0.39, 0.29) is 0 Å². The molecule has 1 saturated carbocycles. The summed E-state index contributed by atoms with van der Waals surface area (Å²) in [5.41, 5.74) is 2.05. The van der Waals surface area contributed by atoms with E-state index in [2.05, 4.69) is 11.1 Å². The molecule has 5 rings (SSSR count). The first-order valence-electron chi connectivity index (χ1n) is 9.49. The molecule has 6 atom stereocenters. The normalized spacial score (nSPS) is 33.3. The quantitative estimate of drug-likeness (QED) is 0.527. The van der Waals surface area contributed by atoms with Crippen molar-refractivity contribution in [1.82, 2.24) is 4.98 Å². The maximum atomic E-state index is 10.5. The van der Waals surface area contributed by atoms with Crippen molar-refractivity contribution in [3.63, 3.8) is 0 Å². The van der Waals surface area contributed by atoms with Crippen LogP contribution in [0.15, 0.2) is 60.9 Å². The Morgan fingerprint density at radius 3 is 2.48 bits per heavy atom. The second-order valence-corrected chi connectivity index (χ2v) is 7.61. The van der Waals surface area contributed by atoms with Crippen LogP contribution in [0.1, 0.15) is 0 Å². The molecule has 7 nitrogen and oxygen atoms in total. The highest BCUT2D eigenvalue weighted by molar-refractivity contribution is 5.86. The van der Waals surface area contributed by atoms with Gasteiger partial charge in [-0.2, -0.15) is 0 Å². The fourth-order valence-electron chi connectivity index (χ4n) is 4.36. The molecule has 0 spiro atoms. The number of hydrogen-bond acceptors (Lipinski definition) is 7. The number of aliphatic hydroxyl groups excluding tert-OH is 3. The van der Waals surface area contributed by atoms with Crippen LogP contribution in [0.4, 0.5) is 0 Å². The van der Waals surface area contributed by atoms with Gasteiger partial charge in [0.05, 0.1) is 24.7 Å². The molecule has 1 saturated heterocycles. The van der Waals surface area contributed by atoms with E-state index in [1.807, 2.05) is 36.5 Å². The maximum Gasteiger partial charge on any atom is 0.213 e. The van der Waals surface area contributed by atoms with Crippen LogP contribution in [0.2, 0.25) is 0 Å². The summed E-state index contributed by atoms with van der Waals surface area (Å²) >= 11 is 0. The van der Waals surface area contributed by atoms with Crippen LogP contribution in [0.3, 0.4) is 0 Å². The van der Waals surface area contributed by atoms with Crippen LogP contribution in [0, 0.1) is 11.8 Å². The van der Waals surface area contributed by atoms with Gasteiger partial charge < -0.3 is 29.9 Å². The Balaban J connectivity index is 1.32. The minimum absolute atomic E-state index is 0.492. The molecule has 1 aliphatic carbocycles. The van der Waals surface area contributed by atoms with Gasteiger partial charge in [0, 0.05) is 17.8 Å². The molecule has 4 N–H and O–H groups in total. The zero-order valence-corrected chi connectivity index (χ0v) is 15.4. The van der Waals surface area contributed by atoms with Crippen molar-refractivity contribution in [2.75, 3.05) is 6.61 Å². The molecule has 6 unspecified atom stereocenters. The number of pyridine rings is 1.